The van der Waals surface area contributed by atoms with Gasteiger partial charge in [0.1, 0.15) is 5.82 Å². The van der Waals surface area contributed by atoms with Crippen molar-refractivity contribution >= 4 is 0 Å². The SMILES string of the molecule is CNC(c1ccc(C)cc1F)C1CCOCC1. The van der Waals surface area contributed by atoms with Gasteiger partial charge in [0.05, 0.1) is 0 Å². The molecule has 1 aromatic rings. The Balaban J connectivity index is 2.21. The highest BCUT2D eigenvalue weighted by Crippen LogP contribution is 2.31. The molecule has 1 unspecified atom stereocenters. The molecular weight excluding hydrogens is 217 g/mol. The van der Waals surface area contributed by atoms with Crippen molar-refractivity contribution in [1.82, 2.24) is 5.32 Å². The van der Waals surface area contributed by atoms with Crippen LogP contribution in [-0.2, 0) is 4.74 Å². The lowest BCUT2D eigenvalue weighted by Gasteiger charge is -2.30. The average Bonchev–Trinajstić information content (AvgIpc) is 2.34. The quantitative estimate of drug-likeness (QED) is 0.872. The zero-order valence-corrected chi connectivity index (χ0v) is 10.5. The first-order valence-electron chi connectivity index (χ1n) is 6.23. The molecule has 0 bridgehead atoms. The molecule has 1 saturated heterocycles. The topological polar surface area (TPSA) is 21.3 Å². The van der Waals surface area contributed by atoms with Crippen molar-refractivity contribution in [1.29, 1.82) is 0 Å². The van der Waals surface area contributed by atoms with Crippen LogP contribution in [0.15, 0.2) is 18.2 Å². The minimum Gasteiger partial charge on any atom is -0.381 e. The van der Waals surface area contributed by atoms with Gasteiger partial charge in [0.15, 0.2) is 0 Å². The second-order valence-electron chi connectivity index (χ2n) is 4.74. The maximum atomic E-state index is 14.0. The normalized spacial score (nSPS) is 19.2. The minimum absolute atomic E-state index is 0.0968. The van der Waals surface area contributed by atoms with Crippen molar-refractivity contribution in [2.45, 2.75) is 25.8 Å². The molecule has 1 fully saturated rings. The molecule has 1 aliphatic rings. The van der Waals surface area contributed by atoms with Gasteiger partial charge in [-0.1, -0.05) is 12.1 Å². The number of rotatable bonds is 3. The van der Waals surface area contributed by atoms with Crippen LogP contribution in [0.3, 0.4) is 0 Å². The molecule has 1 heterocycles. The van der Waals surface area contributed by atoms with Crippen molar-refractivity contribution in [2.24, 2.45) is 5.92 Å². The molecule has 1 aliphatic heterocycles. The Hall–Kier alpha value is -0.930. The summed E-state index contributed by atoms with van der Waals surface area (Å²) < 4.78 is 19.3. The first-order chi connectivity index (χ1) is 8.22. The van der Waals surface area contributed by atoms with Crippen LogP contribution >= 0.6 is 0 Å². The lowest BCUT2D eigenvalue weighted by molar-refractivity contribution is 0.0541. The third kappa shape index (κ3) is 2.85. The number of halogens is 1. The Kier molecular flexibility index (Phi) is 4.13. The van der Waals surface area contributed by atoms with Gasteiger partial charge in [-0.25, -0.2) is 4.39 Å². The van der Waals surface area contributed by atoms with Gasteiger partial charge < -0.3 is 10.1 Å². The van der Waals surface area contributed by atoms with Gasteiger partial charge >= 0.3 is 0 Å². The van der Waals surface area contributed by atoms with E-state index in [0.29, 0.717) is 5.92 Å². The highest BCUT2D eigenvalue weighted by molar-refractivity contribution is 5.26. The zero-order valence-electron chi connectivity index (χ0n) is 10.5. The number of benzene rings is 1. The monoisotopic (exact) mass is 237 g/mol. The summed E-state index contributed by atoms with van der Waals surface area (Å²) in [5.74, 6) is 0.363. The first-order valence-corrected chi connectivity index (χ1v) is 6.23. The summed E-state index contributed by atoms with van der Waals surface area (Å²) in [5, 5.41) is 3.25. The molecule has 94 valence electrons. The molecule has 0 amide bonds. The van der Waals surface area contributed by atoms with Crippen LogP contribution in [-0.4, -0.2) is 20.3 Å². The van der Waals surface area contributed by atoms with Crippen molar-refractivity contribution < 1.29 is 9.13 Å². The molecule has 1 aromatic carbocycles. The van der Waals surface area contributed by atoms with E-state index < -0.39 is 0 Å². The van der Waals surface area contributed by atoms with Crippen LogP contribution in [0.4, 0.5) is 4.39 Å². The predicted molar refractivity (Wildman–Crippen MR) is 66.5 cm³/mol. The van der Waals surface area contributed by atoms with E-state index in [-0.39, 0.29) is 11.9 Å². The Morgan fingerprint density at radius 2 is 2.06 bits per heavy atom. The van der Waals surface area contributed by atoms with Crippen molar-refractivity contribution in [3.05, 3.63) is 35.1 Å². The molecule has 2 rings (SSSR count). The molecule has 1 N–H and O–H groups in total. The molecule has 3 heteroatoms. The van der Waals surface area contributed by atoms with E-state index in [9.17, 15) is 4.39 Å². The van der Waals surface area contributed by atoms with E-state index in [1.807, 2.05) is 26.1 Å². The smallest absolute Gasteiger partial charge is 0.128 e. The van der Waals surface area contributed by atoms with Crippen LogP contribution in [0.25, 0.3) is 0 Å². The van der Waals surface area contributed by atoms with E-state index in [1.54, 1.807) is 6.07 Å². The third-order valence-corrected chi connectivity index (χ3v) is 3.54. The Bertz CT molecular complexity index is 374. The molecule has 2 nitrogen and oxygen atoms in total. The molecule has 0 aromatic heterocycles. The summed E-state index contributed by atoms with van der Waals surface area (Å²) in [6.45, 7) is 3.49. The second-order valence-corrected chi connectivity index (χ2v) is 4.74. The standard InChI is InChI=1S/C14H20FNO/c1-10-3-4-12(13(15)9-10)14(16-2)11-5-7-17-8-6-11/h3-4,9,11,14,16H,5-8H2,1-2H3. The summed E-state index contributed by atoms with van der Waals surface area (Å²) in [7, 11) is 1.90. The summed E-state index contributed by atoms with van der Waals surface area (Å²) in [6, 6.07) is 5.59. The van der Waals surface area contributed by atoms with Crippen LogP contribution in [0, 0.1) is 18.7 Å². The van der Waals surface area contributed by atoms with E-state index in [0.717, 1.165) is 37.2 Å². The van der Waals surface area contributed by atoms with E-state index in [4.69, 9.17) is 4.74 Å². The lowest BCUT2D eigenvalue weighted by Crippen LogP contribution is -2.30. The molecule has 0 aliphatic carbocycles. The summed E-state index contributed by atoms with van der Waals surface area (Å²) in [6.07, 6.45) is 2.00. The van der Waals surface area contributed by atoms with Crippen molar-refractivity contribution in [3.63, 3.8) is 0 Å². The number of aryl methyl sites for hydroxylation is 1. The van der Waals surface area contributed by atoms with E-state index in [1.165, 1.54) is 0 Å². The van der Waals surface area contributed by atoms with Crippen LogP contribution in [0.1, 0.15) is 30.0 Å². The molecule has 0 radical (unpaired) electrons. The highest BCUT2D eigenvalue weighted by Gasteiger charge is 2.26. The van der Waals surface area contributed by atoms with Gasteiger partial charge in [-0.3, -0.25) is 0 Å². The Morgan fingerprint density at radius 3 is 2.65 bits per heavy atom. The second kappa shape index (κ2) is 5.61. The summed E-state index contributed by atoms with van der Waals surface area (Å²) >= 11 is 0. The third-order valence-electron chi connectivity index (χ3n) is 3.54. The molecular formula is C14H20FNO. The number of hydrogen-bond acceptors (Lipinski definition) is 2. The molecule has 17 heavy (non-hydrogen) atoms. The van der Waals surface area contributed by atoms with Crippen LogP contribution in [0.2, 0.25) is 0 Å². The number of ether oxygens (including phenoxy) is 1. The van der Waals surface area contributed by atoms with Gasteiger partial charge in [-0.2, -0.15) is 0 Å². The van der Waals surface area contributed by atoms with Gasteiger partial charge in [0, 0.05) is 24.8 Å². The molecule has 1 atom stereocenters. The highest BCUT2D eigenvalue weighted by atomic mass is 19.1. The number of nitrogens with one attached hydrogen (secondary N) is 1. The maximum Gasteiger partial charge on any atom is 0.128 e. The molecule has 0 saturated carbocycles. The fraction of sp³-hybridized carbons (Fsp3) is 0.571. The first kappa shape index (κ1) is 12.5. The fourth-order valence-corrected chi connectivity index (χ4v) is 2.58. The maximum absolute atomic E-state index is 14.0. The van der Waals surface area contributed by atoms with Crippen LogP contribution < -0.4 is 5.32 Å². The van der Waals surface area contributed by atoms with Crippen LogP contribution in [0.5, 0.6) is 0 Å². The van der Waals surface area contributed by atoms with Gasteiger partial charge in [0.25, 0.3) is 0 Å². The zero-order chi connectivity index (χ0) is 12.3. The Morgan fingerprint density at radius 1 is 1.35 bits per heavy atom. The fourth-order valence-electron chi connectivity index (χ4n) is 2.58. The van der Waals surface area contributed by atoms with Crippen molar-refractivity contribution in [2.75, 3.05) is 20.3 Å². The summed E-state index contributed by atoms with van der Waals surface area (Å²) in [4.78, 5) is 0. The van der Waals surface area contributed by atoms with E-state index >= 15 is 0 Å². The van der Waals surface area contributed by atoms with Gasteiger partial charge in [-0.15, -0.1) is 0 Å². The largest absolute Gasteiger partial charge is 0.381 e. The average molecular weight is 237 g/mol. The molecule has 0 spiro atoms. The minimum atomic E-state index is -0.101. The summed E-state index contributed by atoms with van der Waals surface area (Å²) in [5.41, 5.74) is 1.75. The number of hydrogen-bond donors (Lipinski definition) is 1. The van der Waals surface area contributed by atoms with Gasteiger partial charge in [0.2, 0.25) is 0 Å². The Labute approximate surface area is 102 Å². The predicted octanol–water partition coefficient (Wildman–Crippen LogP) is 2.82. The van der Waals surface area contributed by atoms with Crippen molar-refractivity contribution in [3.8, 4) is 0 Å². The van der Waals surface area contributed by atoms with E-state index in [2.05, 4.69) is 5.32 Å². The van der Waals surface area contributed by atoms with Gasteiger partial charge in [-0.05, 0) is 44.4 Å². The lowest BCUT2D eigenvalue weighted by atomic mass is 9.86.